The molecule has 0 bridgehead atoms. The maximum Gasteiger partial charge on any atom is 0.128 e. The summed E-state index contributed by atoms with van der Waals surface area (Å²) in [5.41, 5.74) is 2.30. The van der Waals surface area contributed by atoms with E-state index in [1.165, 1.54) is 12.0 Å². The second-order valence-electron chi connectivity index (χ2n) is 6.85. The molecule has 1 aromatic heterocycles. The Bertz CT molecular complexity index is 644. The third-order valence-electron chi connectivity index (χ3n) is 4.83. The number of benzene rings is 1. The molecule has 4 nitrogen and oxygen atoms in total. The second-order valence-corrected chi connectivity index (χ2v) is 6.85. The van der Waals surface area contributed by atoms with Crippen LogP contribution >= 0.6 is 0 Å². The summed E-state index contributed by atoms with van der Waals surface area (Å²) in [5, 5.41) is 10.5. The Hall–Kier alpha value is -1.91. The van der Waals surface area contributed by atoms with E-state index in [1.807, 2.05) is 55.5 Å². The summed E-state index contributed by atoms with van der Waals surface area (Å²) in [6.45, 7) is 2.03. The average molecular weight is 325 g/mol. The molecule has 2 unspecified atom stereocenters. The van der Waals surface area contributed by atoms with Crippen molar-refractivity contribution in [2.24, 2.45) is 0 Å². The van der Waals surface area contributed by atoms with Crippen LogP contribution in [0.5, 0.6) is 0 Å². The molecule has 2 heterocycles. The van der Waals surface area contributed by atoms with Crippen molar-refractivity contribution < 1.29 is 5.11 Å². The van der Waals surface area contributed by atoms with E-state index in [-0.39, 0.29) is 6.10 Å². The van der Waals surface area contributed by atoms with Crippen molar-refractivity contribution in [1.29, 1.82) is 0 Å². The molecule has 2 atom stereocenters. The maximum atomic E-state index is 10.5. The van der Waals surface area contributed by atoms with Crippen molar-refractivity contribution in [2.45, 2.75) is 38.0 Å². The van der Waals surface area contributed by atoms with E-state index in [9.17, 15) is 5.11 Å². The second kappa shape index (κ2) is 7.77. The first kappa shape index (κ1) is 16.9. The summed E-state index contributed by atoms with van der Waals surface area (Å²) in [6.07, 6.45) is 4.67. The molecular formula is C20H27N3O. The Balaban J connectivity index is 1.64. The van der Waals surface area contributed by atoms with Gasteiger partial charge in [0.05, 0.1) is 6.10 Å². The topological polar surface area (TPSA) is 39.6 Å². The molecule has 2 aromatic rings. The number of hydrogen-bond acceptors (Lipinski definition) is 4. The number of aliphatic hydroxyl groups excluding tert-OH is 1. The molecule has 0 amide bonds. The fraction of sp³-hybridized carbons (Fsp3) is 0.450. The number of nitrogens with zero attached hydrogens (tertiary/aromatic N) is 3. The normalized spacial score (nSPS) is 19.4. The zero-order valence-corrected chi connectivity index (χ0v) is 14.6. The van der Waals surface area contributed by atoms with Crippen LogP contribution in [0.4, 0.5) is 5.82 Å². The zero-order chi connectivity index (χ0) is 16.9. The van der Waals surface area contributed by atoms with Crippen LogP contribution in [0, 0.1) is 0 Å². The number of aliphatic hydroxyl groups is 1. The lowest BCUT2D eigenvalue weighted by Crippen LogP contribution is -2.30. The van der Waals surface area contributed by atoms with E-state index in [2.05, 4.69) is 22.0 Å². The van der Waals surface area contributed by atoms with Crippen LogP contribution in [0.25, 0.3) is 0 Å². The highest BCUT2D eigenvalue weighted by atomic mass is 16.3. The SMILES string of the molecule is CN(C)c1cc(CN2CCCC2CC(O)c2ccccc2)ccn1. The highest BCUT2D eigenvalue weighted by molar-refractivity contribution is 5.39. The van der Waals surface area contributed by atoms with Gasteiger partial charge in [-0.3, -0.25) is 4.90 Å². The van der Waals surface area contributed by atoms with Gasteiger partial charge in [-0.1, -0.05) is 30.3 Å². The molecule has 1 aliphatic heterocycles. The number of rotatable bonds is 6. The third-order valence-corrected chi connectivity index (χ3v) is 4.83. The first-order valence-corrected chi connectivity index (χ1v) is 8.73. The summed E-state index contributed by atoms with van der Waals surface area (Å²) in [7, 11) is 4.03. The molecular weight excluding hydrogens is 298 g/mol. The molecule has 3 rings (SSSR count). The summed E-state index contributed by atoms with van der Waals surface area (Å²) in [6, 6.07) is 14.7. The molecule has 4 heteroatoms. The van der Waals surface area contributed by atoms with E-state index in [0.717, 1.165) is 37.3 Å². The van der Waals surface area contributed by atoms with Crippen LogP contribution in [0.3, 0.4) is 0 Å². The zero-order valence-electron chi connectivity index (χ0n) is 14.6. The molecule has 24 heavy (non-hydrogen) atoms. The molecule has 0 saturated carbocycles. The lowest BCUT2D eigenvalue weighted by atomic mass is 10.0. The van der Waals surface area contributed by atoms with Gasteiger partial charge < -0.3 is 10.0 Å². The number of aromatic nitrogens is 1. The molecule has 1 fully saturated rings. The summed E-state index contributed by atoms with van der Waals surface area (Å²) in [5.74, 6) is 0.993. The number of pyridine rings is 1. The fourth-order valence-corrected chi connectivity index (χ4v) is 3.48. The molecule has 128 valence electrons. The van der Waals surface area contributed by atoms with Gasteiger partial charge in [0.15, 0.2) is 0 Å². The van der Waals surface area contributed by atoms with Gasteiger partial charge in [0, 0.05) is 32.9 Å². The van der Waals surface area contributed by atoms with Crippen LogP contribution in [-0.4, -0.2) is 41.7 Å². The predicted octanol–water partition coefficient (Wildman–Crippen LogP) is 3.24. The van der Waals surface area contributed by atoms with Crippen LogP contribution in [0.15, 0.2) is 48.7 Å². The Morgan fingerprint density at radius 1 is 1.25 bits per heavy atom. The van der Waals surface area contributed by atoms with Gasteiger partial charge in [0.25, 0.3) is 0 Å². The van der Waals surface area contributed by atoms with E-state index in [1.54, 1.807) is 0 Å². The Morgan fingerprint density at radius 2 is 2.04 bits per heavy atom. The molecule has 1 aromatic carbocycles. The van der Waals surface area contributed by atoms with Gasteiger partial charge in [-0.05, 0) is 49.1 Å². The van der Waals surface area contributed by atoms with Crippen molar-refractivity contribution in [1.82, 2.24) is 9.88 Å². The van der Waals surface area contributed by atoms with Crippen molar-refractivity contribution in [2.75, 3.05) is 25.5 Å². The van der Waals surface area contributed by atoms with Crippen molar-refractivity contribution >= 4 is 5.82 Å². The highest BCUT2D eigenvalue weighted by Gasteiger charge is 2.27. The maximum absolute atomic E-state index is 10.5. The molecule has 1 aliphatic rings. The largest absolute Gasteiger partial charge is 0.388 e. The molecule has 1 saturated heterocycles. The predicted molar refractivity (Wildman–Crippen MR) is 98.0 cm³/mol. The number of hydrogen-bond donors (Lipinski definition) is 1. The Kier molecular flexibility index (Phi) is 5.48. The van der Waals surface area contributed by atoms with Crippen molar-refractivity contribution in [3.8, 4) is 0 Å². The van der Waals surface area contributed by atoms with Crippen molar-refractivity contribution in [3.05, 3.63) is 59.8 Å². The highest BCUT2D eigenvalue weighted by Crippen LogP contribution is 2.28. The van der Waals surface area contributed by atoms with Crippen LogP contribution < -0.4 is 4.90 Å². The first-order valence-electron chi connectivity index (χ1n) is 8.73. The summed E-state index contributed by atoms with van der Waals surface area (Å²) >= 11 is 0. The third kappa shape index (κ3) is 4.13. The molecule has 1 N–H and O–H groups in total. The molecule has 0 spiro atoms. The fourth-order valence-electron chi connectivity index (χ4n) is 3.48. The van der Waals surface area contributed by atoms with Crippen LogP contribution in [0.1, 0.15) is 36.5 Å². The van der Waals surface area contributed by atoms with Gasteiger partial charge >= 0.3 is 0 Å². The number of likely N-dealkylation sites (tertiary alicyclic amines) is 1. The Labute approximate surface area is 144 Å². The average Bonchev–Trinajstić information content (AvgIpc) is 3.02. The van der Waals surface area contributed by atoms with E-state index < -0.39 is 0 Å². The molecule has 0 aliphatic carbocycles. The van der Waals surface area contributed by atoms with Gasteiger partial charge in [-0.25, -0.2) is 4.98 Å². The quantitative estimate of drug-likeness (QED) is 0.885. The summed E-state index contributed by atoms with van der Waals surface area (Å²) in [4.78, 5) is 8.92. The first-order chi connectivity index (χ1) is 11.6. The van der Waals surface area contributed by atoms with Gasteiger partial charge in [0.1, 0.15) is 5.82 Å². The van der Waals surface area contributed by atoms with Gasteiger partial charge in [-0.15, -0.1) is 0 Å². The standard InChI is InChI=1S/C20H27N3O/c1-22(2)20-13-16(10-11-21-20)15-23-12-6-9-18(23)14-19(24)17-7-4-3-5-8-17/h3-5,7-8,10-11,13,18-19,24H,6,9,12,14-15H2,1-2H3. The monoisotopic (exact) mass is 325 g/mol. The van der Waals surface area contributed by atoms with Crippen LogP contribution in [-0.2, 0) is 6.54 Å². The van der Waals surface area contributed by atoms with Crippen molar-refractivity contribution in [3.63, 3.8) is 0 Å². The minimum atomic E-state index is -0.383. The lowest BCUT2D eigenvalue weighted by Gasteiger charge is -2.27. The van der Waals surface area contributed by atoms with Gasteiger partial charge in [-0.2, -0.15) is 0 Å². The lowest BCUT2D eigenvalue weighted by molar-refractivity contribution is 0.118. The van der Waals surface area contributed by atoms with E-state index >= 15 is 0 Å². The molecule has 0 radical (unpaired) electrons. The van der Waals surface area contributed by atoms with E-state index in [0.29, 0.717) is 6.04 Å². The minimum Gasteiger partial charge on any atom is -0.388 e. The minimum absolute atomic E-state index is 0.383. The van der Waals surface area contributed by atoms with E-state index in [4.69, 9.17) is 0 Å². The smallest absolute Gasteiger partial charge is 0.128 e. The number of anilines is 1. The van der Waals surface area contributed by atoms with Gasteiger partial charge in [0.2, 0.25) is 0 Å². The van der Waals surface area contributed by atoms with Crippen LogP contribution in [0.2, 0.25) is 0 Å². The Morgan fingerprint density at radius 3 is 2.79 bits per heavy atom. The summed E-state index contributed by atoms with van der Waals surface area (Å²) < 4.78 is 0.